The minimum absolute atomic E-state index is 0.130. The van der Waals surface area contributed by atoms with Crippen molar-refractivity contribution in [2.45, 2.75) is 26.4 Å². The van der Waals surface area contributed by atoms with E-state index < -0.39 is 11.5 Å². The van der Waals surface area contributed by atoms with Crippen LogP contribution in [-0.4, -0.2) is 41.0 Å². The van der Waals surface area contributed by atoms with E-state index in [-0.39, 0.29) is 11.5 Å². The first-order chi connectivity index (χ1) is 17.2. The van der Waals surface area contributed by atoms with Crippen LogP contribution in [0.2, 0.25) is 5.02 Å². The van der Waals surface area contributed by atoms with Gasteiger partial charge in [0.2, 0.25) is 5.95 Å². The van der Waals surface area contributed by atoms with E-state index in [1.54, 1.807) is 55.8 Å². The van der Waals surface area contributed by atoms with Gasteiger partial charge in [-0.25, -0.2) is 4.68 Å². The van der Waals surface area contributed by atoms with Crippen LogP contribution in [0.1, 0.15) is 19.5 Å². The maximum absolute atomic E-state index is 13.2. The van der Waals surface area contributed by atoms with Crippen molar-refractivity contribution in [3.05, 3.63) is 87.9 Å². The van der Waals surface area contributed by atoms with Crippen molar-refractivity contribution in [3.63, 3.8) is 0 Å². The Morgan fingerprint density at radius 2 is 1.81 bits per heavy atom. The summed E-state index contributed by atoms with van der Waals surface area (Å²) < 4.78 is 8.83. The van der Waals surface area contributed by atoms with Gasteiger partial charge in [-0.15, -0.1) is 0 Å². The number of ether oxygens (including phenoxy) is 1. The van der Waals surface area contributed by atoms with Gasteiger partial charge in [-0.05, 0) is 57.2 Å². The highest BCUT2D eigenvalue weighted by atomic mass is 35.5. The molecule has 0 radical (unpaired) electrons. The molecule has 0 fully saturated rings. The number of hydrogen-bond acceptors (Lipinski definition) is 6. The molecule has 10 nitrogen and oxygen atoms in total. The van der Waals surface area contributed by atoms with Gasteiger partial charge in [0.1, 0.15) is 17.0 Å². The molecule has 2 N–H and O–H groups in total. The summed E-state index contributed by atoms with van der Waals surface area (Å²) in [7, 11) is 0. The average Bonchev–Trinajstić information content (AvgIpc) is 3.44. The normalized spacial score (nSPS) is 11.6. The molecule has 5 rings (SSSR count). The Kier molecular flexibility index (Phi) is 5.81. The van der Waals surface area contributed by atoms with Gasteiger partial charge in [-0.1, -0.05) is 29.8 Å². The minimum atomic E-state index is -1.23. The van der Waals surface area contributed by atoms with E-state index in [0.29, 0.717) is 33.3 Å². The van der Waals surface area contributed by atoms with Gasteiger partial charge in [0.25, 0.3) is 11.5 Å². The van der Waals surface area contributed by atoms with Gasteiger partial charge < -0.3 is 10.1 Å². The standard InChI is InChI=1S/C25H22ClN7O3/c1-15-13-20(28-23(35)25(2,3)36-18-11-9-16(26)10-12-18)33(31-15)24-29-21-19(22(34)30-24)14-27-32(21)17-7-5-4-6-8-17/h4-14H,1-3H3,(H,28,35)(H,29,30,34). The molecule has 0 aliphatic rings. The fourth-order valence-corrected chi connectivity index (χ4v) is 3.75. The third kappa shape index (κ3) is 4.46. The largest absolute Gasteiger partial charge is 0.478 e. The number of fused-ring (bicyclic) bond motifs is 1. The molecule has 2 aromatic carbocycles. The van der Waals surface area contributed by atoms with Crippen LogP contribution in [0.25, 0.3) is 22.7 Å². The van der Waals surface area contributed by atoms with Crippen LogP contribution in [0, 0.1) is 6.92 Å². The van der Waals surface area contributed by atoms with Gasteiger partial charge in [-0.2, -0.15) is 19.9 Å². The summed E-state index contributed by atoms with van der Waals surface area (Å²) in [6.07, 6.45) is 1.46. The smallest absolute Gasteiger partial charge is 0.269 e. The Morgan fingerprint density at radius 3 is 2.53 bits per heavy atom. The number of anilines is 1. The highest BCUT2D eigenvalue weighted by molar-refractivity contribution is 6.30. The van der Waals surface area contributed by atoms with E-state index in [9.17, 15) is 9.59 Å². The zero-order chi connectivity index (χ0) is 25.4. The molecule has 0 bridgehead atoms. The second-order valence-corrected chi connectivity index (χ2v) is 9.06. The van der Waals surface area contributed by atoms with Crippen LogP contribution < -0.4 is 15.6 Å². The van der Waals surface area contributed by atoms with Crippen molar-refractivity contribution in [1.82, 2.24) is 29.5 Å². The van der Waals surface area contributed by atoms with Gasteiger partial charge in [0.15, 0.2) is 11.2 Å². The number of aromatic amines is 1. The fraction of sp³-hybridized carbons (Fsp3) is 0.160. The molecular formula is C25H22ClN7O3. The van der Waals surface area contributed by atoms with Crippen LogP contribution in [0.15, 0.2) is 71.7 Å². The zero-order valence-electron chi connectivity index (χ0n) is 19.7. The van der Waals surface area contributed by atoms with Crippen molar-refractivity contribution in [1.29, 1.82) is 0 Å². The predicted molar refractivity (Wildman–Crippen MR) is 136 cm³/mol. The summed E-state index contributed by atoms with van der Waals surface area (Å²) in [5.41, 5.74) is 0.114. The lowest BCUT2D eigenvalue weighted by atomic mass is 10.1. The van der Waals surface area contributed by atoms with E-state index in [1.165, 1.54) is 10.9 Å². The number of hydrogen-bond donors (Lipinski definition) is 2. The number of carbonyl (C=O) groups is 1. The molecule has 0 aliphatic carbocycles. The minimum Gasteiger partial charge on any atom is -0.478 e. The summed E-state index contributed by atoms with van der Waals surface area (Å²) >= 11 is 5.93. The number of benzene rings is 2. The fourth-order valence-electron chi connectivity index (χ4n) is 3.63. The highest BCUT2D eigenvalue weighted by Gasteiger charge is 2.31. The summed E-state index contributed by atoms with van der Waals surface area (Å²) in [4.78, 5) is 33.3. The molecule has 5 aromatic rings. The lowest BCUT2D eigenvalue weighted by molar-refractivity contribution is -0.128. The third-order valence-corrected chi connectivity index (χ3v) is 5.69. The number of halogens is 1. The van der Waals surface area contributed by atoms with E-state index >= 15 is 0 Å². The lowest BCUT2D eigenvalue weighted by Gasteiger charge is -2.25. The molecule has 36 heavy (non-hydrogen) atoms. The van der Waals surface area contributed by atoms with E-state index in [4.69, 9.17) is 16.3 Å². The number of rotatable bonds is 6. The topological polar surface area (TPSA) is 120 Å². The van der Waals surface area contributed by atoms with Gasteiger partial charge in [0.05, 0.1) is 17.6 Å². The number of aromatic nitrogens is 6. The molecule has 0 aliphatic heterocycles. The molecule has 0 saturated carbocycles. The van der Waals surface area contributed by atoms with Crippen LogP contribution in [0.4, 0.5) is 5.82 Å². The Labute approximate surface area is 210 Å². The first kappa shape index (κ1) is 23.3. The molecule has 182 valence electrons. The Bertz CT molecular complexity index is 1620. The number of carbonyl (C=O) groups excluding carboxylic acids is 1. The monoisotopic (exact) mass is 503 g/mol. The lowest BCUT2D eigenvalue weighted by Crippen LogP contribution is -2.43. The molecule has 0 saturated heterocycles. The van der Waals surface area contributed by atoms with E-state index in [1.807, 2.05) is 30.3 Å². The van der Waals surface area contributed by atoms with Crippen molar-refractivity contribution in [2.75, 3.05) is 5.32 Å². The molecule has 3 heterocycles. The van der Waals surface area contributed by atoms with Crippen LogP contribution in [0.5, 0.6) is 5.75 Å². The Morgan fingerprint density at radius 1 is 1.08 bits per heavy atom. The SMILES string of the molecule is Cc1cc(NC(=O)C(C)(C)Oc2ccc(Cl)cc2)n(-c2nc3c(cnn3-c3ccccc3)c(=O)[nH]2)n1. The molecule has 1 amide bonds. The van der Waals surface area contributed by atoms with Crippen molar-refractivity contribution >= 4 is 34.4 Å². The Balaban J connectivity index is 1.49. The maximum Gasteiger partial charge on any atom is 0.269 e. The van der Waals surface area contributed by atoms with Crippen molar-refractivity contribution < 1.29 is 9.53 Å². The second kappa shape index (κ2) is 8.97. The van der Waals surface area contributed by atoms with E-state index in [2.05, 4.69) is 25.5 Å². The molecule has 0 spiro atoms. The van der Waals surface area contributed by atoms with Crippen LogP contribution in [-0.2, 0) is 4.79 Å². The molecule has 11 heteroatoms. The average molecular weight is 504 g/mol. The molecule has 3 aromatic heterocycles. The van der Waals surface area contributed by atoms with E-state index in [0.717, 1.165) is 5.69 Å². The highest BCUT2D eigenvalue weighted by Crippen LogP contribution is 2.23. The van der Waals surface area contributed by atoms with Gasteiger partial charge in [0, 0.05) is 11.1 Å². The number of nitrogens with zero attached hydrogens (tertiary/aromatic N) is 5. The summed E-state index contributed by atoms with van der Waals surface area (Å²) in [6, 6.07) is 17.8. The van der Waals surface area contributed by atoms with Gasteiger partial charge >= 0.3 is 0 Å². The summed E-state index contributed by atoms with van der Waals surface area (Å²) in [5.74, 6) is 0.523. The Hall–Kier alpha value is -4.44. The number of nitrogens with one attached hydrogen (secondary N) is 2. The van der Waals surface area contributed by atoms with Crippen LogP contribution >= 0.6 is 11.6 Å². The maximum atomic E-state index is 13.2. The van der Waals surface area contributed by atoms with Gasteiger partial charge in [-0.3, -0.25) is 14.6 Å². The molecule has 0 unspecified atom stereocenters. The predicted octanol–water partition coefficient (Wildman–Crippen LogP) is 4.05. The summed E-state index contributed by atoms with van der Waals surface area (Å²) in [6.45, 7) is 5.07. The van der Waals surface area contributed by atoms with Crippen LogP contribution in [0.3, 0.4) is 0 Å². The first-order valence-corrected chi connectivity index (χ1v) is 11.5. The quantitative estimate of drug-likeness (QED) is 0.360. The number of H-pyrrole nitrogens is 1. The number of amides is 1. The molecule has 0 atom stereocenters. The zero-order valence-corrected chi connectivity index (χ0v) is 20.4. The second-order valence-electron chi connectivity index (χ2n) is 8.62. The molecular weight excluding hydrogens is 482 g/mol. The summed E-state index contributed by atoms with van der Waals surface area (Å²) in [5, 5.41) is 12.5. The number of para-hydroxylation sites is 1. The first-order valence-electron chi connectivity index (χ1n) is 11.1. The number of aryl methyl sites for hydroxylation is 1. The van der Waals surface area contributed by atoms with Crippen molar-refractivity contribution in [2.24, 2.45) is 0 Å². The third-order valence-electron chi connectivity index (χ3n) is 5.43. The van der Waals surface area contributed by atoms with Crippen molar-refractivity contribution in [3.8, 4) is 17.4 Å².